The zero-order chi connectivity index (χ0) is 17.8. The van der Waals surface area contributed by atoms with Crippen molar-refractivity contribution in [1.29, 1.82) is 0 Å². The van der Waals surface area contributed by atoms with Gasteiger partial charge in [-0.1, -0.05) is 29.5 Å². The molecule has 25 heavy (non-hydrogen) atoms. The third-order valence-corrected chi connectivity index (χ3v) is 4.17. The molecule has 3 aromatic rings. The smallest absolute Gasteiger partial charge is 0.323 e. The molecule has 0 fully saturated rings. The first-order valence-electron chi connectivity index (χ1n) is 7.44. The van der Waals surface area contributed by atoms with Crippen LogP contribution in [0, 0.1) is 0 Å². The molecule has 0 radical (unpaired) electrons. The summed E-state index contributed by atoms with van der Waals surface area (Å²) in [6.07, 6.45) is 0. The zero-order valence-corrected chi connectivity index (χ0v) is 14.4. The molecule has 8 heteroatoms. The molecule has 1 aromatic heterocycles. The molecule has 2 aromatic carbocycles. The van der Waals surface area contributed by atoms with E-state index in [0.29, 0.717) is 27.8 Å². The topological polar surface area (TPSA) is 92.4 Å². The number of hydrogen-bond acceptors (Lipinski definition) is 5. The molecule has 128 valence electrons. The van der Waals surface area contributed by atoms with Crippen LogP contribution in [0.3, 0.4) is 0 Å². The van der Waals surface area contributed by atoms with Crippen molar-refractivity contribution in [3.8, 4) is 5.75 Å². The van der Waals surface area contributed by atoms with Gasteiger partial charge in [-0.25, -0.2) is 9.78 Å². The van der Waals surface area contributed by atoms with E-state index in [0.717, 1.165) is 4.70 Å². The summed E-state index contributed by atoms with van der Waals surface area (Å²) in [5.41, 5.74) is 1.89. The first kappa shape index (κ1) is 16.7. The molecule has 0 saturated carbocycles. The Morgan fingerprint density at radius 1 is 1.04 bits per heavy atom. The summed E-state index contributed by atoms with van der Waals surface area (Å²) in [5.74, 6) is 0.318. The number of nitrogens with zero attached hydrogens (tertiary/aromatic N) is 1. The van der Waals surface area contributed by atoms with Crippen molar-refractivity contribution in [2.24, 2.45) is 0 Å². The van der Waals surface area contributed by atoms with Gasteiger partial charge in [0.1, 0.15) is 11.3 Å². The number of fused-ring (bicyclic) bond motifs is 1. The molecule has 3 N–H and O–H groups in total. The number of urea groups is 1. The molecule has 3 amide bonds. The van der Waals surface area contributed by atoms with Gasteiger partial charge in [-0.2, -0.15) is 0 Å². The van der Waals surface area contributed by atoms with Crippen LogP contribution in [0.15, 0.2) is 42.5 Å². The van der Waals surface area contributed by atoms with Crippen LogP contribution in [0.2, 0.25) is 0 Å². The van der Waals surface area contributed by atoms with Crippen LogP contribution in [-0.2, 0) is 4.79 Å². The Bertz CT molecular complexity index is 924. The molecule has 1 heterocycles. The van der Waals surface area contributed by atoms with E-state index in [2.05, 4.69) is 20.9 Å². The maximum atomic E-state index is 12.1. The Hall–Kier alpha value is -3.13. The van der Waals surface area contributed by atoms with Crippen molar-refractivity contribution in [2.75, 3.05) is 23.1 Å². The second-order valence-electron chi connectivity index (χ2n) is 5.17. The van der Waals surface area contributed by atoms with E-state index < -0.39 is 0 Å². The van der Waals surface area contributed by atoms with Gasteiger partial charge in [0, 0.05) is 24.4 Å². The summed E-state index contributed by atoms with van der Waals surface area (Å²) in [4.78, 5) is 27.7. The van der Waals surface area contributed by atoms with E-state index >= 15 is 0 Å². The number of carbonyl (C=O) groups excluding carboxylic acids is 2. The lowest BCUT2D eigenvalue weighted by Gasteiger charge is -2.09. The van der Waals surface area contributed by atoms with Crippen LogP contribution in [0.5, 0.6) is 5.75 Å². The van der Waals surface area contributed by atoms with Crippen molar-refractivity contribution >= 4 is 50.0 Å². The molecular formula is C17H16N4O3S. The Balaban J connectivity index is 1.83. The van der Waals surface area contributed by atoms with Crippen LogP contribution in [0.1, 0.15) is 6.92 Å². The second kappa shape index (κ2) is 7.18. The van der Waals surface area contributed by atoms with E-state index in [-0.39, 0.29) is 11.9 Å². The minimum atomic E-state index is -0.362. The minimum Gasteiger partial charge on any atom is -0.494 e. The fraction of sp³-hybridized carbons (Fsp3) is 0.118. The van der Waals surface area contributed by atoms with E-state index in [1.807, 2.05) is 18.2 Å². The highest BCUT2D eigenvalue weighted by Gasteiger charge is 2.13. The molecule has 3 rings (SSSR count). The number of rotatable bonds is 4. The van der Waals surface area contributed by atoms with Crippen LogP contribution in [0.4, 0.5) is 21.3 Å². The molecule has 0 atom stereocenters. The lowest BCUT2D eigenvalue weighted by molar-refractivity contribution is -0.114. The van der Waals surface area contributed by atoms with Crippen molar-refractivity contribution in [3.05, 3.63) is 42.5 Å². The number of carbonyl (C=O) groups is 2. The van der Waals surface area contributed by atoms with Gasteiger partial charge in [0.2, 0.25) is 5.91 Å². The Labute approximate surface area is 148 Å². The first-order chi connectivity index (χ1) is 12.0. The number of ether oxygens (including phenoxy) is 1. The summed E-state index contributed by atoms with van der Waals surface area (Å²) < 4.78 is 6.14. The molecule has 0 unspecified atom stereocenters. The highest BCUT2D eigenvalue weighted by Crippen LogP contribution is 2.35. The molecule has 0 aliphatic heterocycles. The number of aromatic nitrogens is 1. The largest absolute Gasteiger partial charge is 0.494 e. The minimum absolute atomic E-state index is 0.196. The van der Waals surface area contributed by atoms with Gasteiger partial charge in [-0.15, -0.1) is 0 Å². The number of thiazole rings is 1. The van der Waals surface area contributed by atoms with Gasteiger partial charge in [0.15, 0.2) is 5.13 Å². The van der Waals surface area contributed by atoms with Crippen LogP contribution < -0.4 is 20.7 Å². The molecule has 0 aliphatic rings. The highest BCUT2D eigenvalue weighted by atomic mass is 32.1. The maximum absolute atomic E-state index is 12.1. The predicted molar refractivity (Wildman–Crippen MR) is 99.6 cm³/mol. The maximum Gasteiger partial charge on any atom is 0.323 e. The second-order valence-corrected chi connectivity index (χ2v) is 6.20. The molecular weight excluding hydrogens is 340 g/mol. The monoisotopic (exact) mass is 356 g/mol. The van der Waals surface area contributed by atoms with E-state index in [1.54, 1.807) is 24.3 Å². The number of benzene rings is 2. The normalized spacial score (nSPS) is 10.3. The van der Waals surface area contributed by atoms with E-state index in [4.69, 9.17) is 4.74 Å². The summed E-state index contributed by atoms with van der Waals surface area (Å²) >= 11 is 1.31. The standard InChI is InChI=1S/C17H16N4O3S/c1-10(22)18-17-21-15-13(24-2)8-12(9-14(15)25-17)20-16(23)19-11-6-4-3-5-7-11/h3-9H,1-2H3,(H,18,21,22)(H2,19,20,23). The molecule has 0 bridgehead atoms. The fourth-order valence-corrected chi connectivity index (χ4v) is 3.21. The van der Waals surface area contributed by atoms with Crippen LogP contribution in [-0.4, -0.2) is 24.0 Å². The Morgan fingerprint density at radius 2 is 1.76 bits per heavy atom. The van der Waals surface area contributed by atoms with Crippen LogP contribution >= 0.6 is 11.3 Å². The zero-order valence-electron chi connectivity index (χ0n) is 13.6. The first-order valence-corrected chi connectivity index (χ1v) is 8.26. The summed E-state index contributed by atoms with van der Waals surface area (Å²) in [6, 6.07) is 12.3. The van der Waals surface area contributed by atoms with E-state index in [9.17, 15) is 9.59 Å². The number of para-hydroxylation sites is 1. The third-order valence-electron chi connectivity index (χ3n) is 3.25. The Kier molecular flexibility index (Phi) is 4.80. The molecule has 7 nitrogen and oxygen atoms in total. The summed E-state index contributed by atoms with van der Waals surface area (Å²) in [5, 5.41) is 8.65. The highest BCUT2D eigenvalue weighted by molar-refractivity contribution is 7.22. The molecule has 0 aliphatic carbocycles. The average molecular weight is 356 g/mol. The van der Waals surface area contributed by atoms with E-state index in [1.165, 1.54) is 25.4 Å². The van der Waals surface area contributed by atoms with Gasteiger partial charge < -0.3 is 20.7 Å². The number of methoxy groups -OCH3 is 1. The van der Waals surface area contributed by atoms with Gasteiger partial charge in [0.25, 0.3) is 0 Å². The summed E-state index contributed by atoms with van der Waals surface area (Å²) in [7, 11) is 1.53. The average Bonchev–Trinajstić information content (AvgIpc) is 2.96. The lowest BCUT2D eigenvalue weighted by Crippen LogP contribution is -2.19. The molecule has 0 saturated heterocycles. The van der Waals surface area contributed by atoms with Gasteiger partial charge in [-0.3, -0.25) is 4.79 Å². The van der Waals surface area contributed by atoms with Gasteiger partial charge in [-0.05, 0) is 18.2 Å². The third kappa shape index (κ3) is 4.04. The van der Waals surface area contributed by atoms with Crippen molar-refractivity contribution in [3.63, 3.8) is 0 Å². The van der Waals surface area contributed by atoms with Crippen molar-refractivity contribution in [2.45, 2.75) is 6.92 Å². The SMILES string of the molecule is COc1cc(NC(=O)Nc2ccccc2)cc2sc(NC(C)=O)nc12. The summed E-state index contributed by atoms with van der Waals surface area (Å²) in [6.45, 7) is 1.42. The lowest BCUT2D eigenvalue weighted by atomic mass is 10.2. The van der Waals surface area contributed by atoms with Crippen molar-refractivity contribution in [1.82, 2.24) is 4.98 Å². The molecule has 0 spiro atoms. The number of nitrogens with one attached hydrogen (secondary N) is 3. The Morgan fingerprint density at radius 3 is 2.44 bits per heavy atom. The number of hydrogen-bond donors (Lipinski definition) is 3. The quantitative estimate of drug-likeness (QED) is 0.661. The predicted octanol–water partition coefficient (Wildman–Crippen LogP) is 3.91. The number of amides is 3. The van der Waals surface area contributed by atoms with Crippen LogP contribution in [0.25, 0.3) is 10.2 Å². The van der Waals surface area contributed by atoms with Gasteiger partial charge in [0.05, 0.1) is 11.8 Å². The van der Waals surface area contributed by atoms with Crippen molar-refractivity contribution < 1.29 is 14.3 Å². The number of anilines is 3. The fourth-order valence-electron chi connectivity index (χ4n) is 2.25. The van der Waals surface area contributed by atoms with Gasteiger partial charge >= 0.3 is 6.03 Å².